The smallest absolute Gasteiger partial charge is 0.358 e. The molecule has 0 saturated carbocycles. The topological polar surface area (TPSA) is 107 Å². The van der Waals surface area contributed by atoms with Crippen molar-refractivity contribution in [3.8, 4) is 10.6 Å². The summed E-state index contributed by atoms with van der Waals surface area (Å²) in [5.74, 6) is -1.20. The highest BCUT2D eigenvalue weighted by Crippen LogP contribution is 2.24. The molecule has 1 aromatic heterocycles. The van der Waals surface area contributed by atoms with Gasteiger partial charge in [-0.05, 0) is 13.3 Å². The number of ether oxygens (including phenoxy) is 2. The van der Waals surface area contributed by atoms with Crippen LogP contribution in [-0.2, 0) is 14.3 Å². The third-order valence-corrected chi connectivity index (χ3v) is 5.12. The van der Waals surface area contributed by atoms with E-state index in [2.05, 4.69) is 15.6 Å². The molecule has 0 aliphatic carbocycles. The molecule has 0 fully saturated rings. The Kier molecular flexibility index (Phi) is 6.61. The molecule has 0 spiro atoms. The van der Waals surface area contributed by atoms with Crippen LogP contribution in [0.2, 0.25) is 0 Å². The van der Waals surface area contributed by atoms with Crippen LogP contribution in [0, 0.1) is 0 Å². The van der Waals surface area contributed by atoms with Crippen LogP contribution < -0.4 is 10.6 Å². The first-order valence-electron chi connectivity index (χ1n) is 9.19. The number of aromatic nitrogens is 1. The molecule has 0 radical (unpaired) electrons. The van der Waals surface area contributed by atoms with Gasteiger partial charge in [0.25, 0.3) is 0 Å². The third-order valence-electron chi connectivity index (χ3n) is 4.23. The van der Waals surface area contributed by atoms with Crippen LogP contribution in [0.3, 0.4) is 0 Å². The maximum Gasteiger partial charge on any atom is 0.358 e. The van der Waals surface area contributed by atoms with Gasteiger partial charge >= 0.3 is 18.0 Å². The second-order valence-electron chi connectivity index (χ2n) is 6.15. The standard InChI is InChI=1S/C20H21N3O5S/c1-3-13-16(19(25)27-4-2)14(23-20(26)22-13)10-28-18(24)15-11-29-17(21-15)12-8-6-5-7-9-12/h5-9,11,13H,3-4,10H2,1-2H3,(H2,22,23,26)/t13-/m0/s1. The van der Waals surface area contributed by atoms with E-state index in [-0.39, 0.29) is 30.2 Å². The first kappa shape index (κ1) is 20.5. The van der Waals surface area contributed by atoms with Gasteiger partial charge < -0.3 is 20.1 Å². The van der Waals surface area contributed by atoms with E-state index in [4.69, 9.17) is 9.47 Å². The Balaban J connectivity index is 1.75. The summed E-state index contributed by atoms with van der Waals surface area (Å²) < 4.78 is 10.4. The minimum Gasteiger partial charge on any atom is -0.463 e. The molecule has 3 rings (SSSR count). The number of benzene rings is 1. The van der Waals surface area contributed by atoms with Gasteiger partial charge in [0.1, 0.15) is 11.6 Å². The average molecular weight is 415 g/mol. The number of nitrogens with zero attached hydrogens (tertiary/aromatic N) is 1. The monoisotopic (exact) mass is 415 g/mol. The van der Waals surface area contributed by atoms with Crippen molar-refractivity contribution in [2.75, 3.05) is 13.2 Å². The Hall–Kier alpha value is -3.20. The fraction of sp³-hybridized carbons (Fsp3) is 0.300. The van der Waals surface area contributed by atoms with Crippen molar-refractivity contribution in [3.05, 3.63) is 52.7 Å². The van der Waals surface area contributed by atoms with E-state index in [1.807, 2.05) is 37.3 Å². The summed E-state index contributed by atoms with van der Waals surface area (Å²) in [6, 6.07) is 8.51. The van der Waals surface area contributed by atoms with Crippen molar-refractivity contribution in [3.63, 3.8) is 0 Å². The van der Waals surface area contributed by atoms with Crippen molar-refractivity contribution < 1.29 is 23.9 Å². The zero-order valence-electron chi connectivity index (χ0n) is 16.1. The maximum atomic E-state index is 12.4. The zero-order valence-corrected chi connectivity index (χ0v) is 16.9. The summed E-state index contributed by atoms with van der Waals surface area (Å²) in [6.45, 7) is 3.45. The molecule has 8 nitrogen and oxygen atoms in total. The summed E-state index contributed by atoms with van der Waals surface area (Å²) in [7, 11) is 0. The Morgan fingerprint density at radius 2 is 1.90 bits per heavy atom. The first-order valence-corrected chi connectivity index (χ1v) is 10.1. The van der Waals surface area contributed by atoms with Gasteiger partial charge in [-0.3, -0.25) is 0 Å². The fourth-order valence-electron chi connectivity index (χ4n) is 2.87. The van der Waals surface area contributed by atoms with Crippen molar-refractivity contribution in [1.29, 1.82) is 0 Å². The van der Waals surface area contributed by atoms with Gasteiger partial charge in [-0.25, -0.2) is 19.4 Å². The van der Waals surface area contributed by atoms with Gasteiger partial charge in [0.15, 0.2) is 5.69 Å². The van der Waals surface area contributed by atoms with E-state index < -0.39 is 24.0 Å². The normalized spacial score (nSPS) is 16.1. The van der Waals surface area contributed by atoms with Crippen molar-refractivity contribution in [2.45, 2.75) is 26.3 Å². The highest BCUT2D eigenvalue weighted by Gasteiger charge is 2.32. The SMILES string of the molecule is CCOC(=O)C1=C(COC(=O)c2csc(-c3ccccc3)n2)NC(=O)N[C@H]1CC. The molecule has 2 amide bonds. The largest absolute Gasteiger partial charge is 0.463 e. The van der Waals surface area contributed by atoms with E-state index in [1.165, 1.54) is 11.3 Å². The minimum absolute atomic E-state index is 0.166. The quantitative estimate of drug-likeness (QED) is 0.674. The van der Waals surface area contributed by atoms with Crippen LogP contribution in [0.5, 0.6) is 0 Å². The third kappa shape index (κ3) is 4.80. The van der Waals surface area contributed by atoms with Gasteiger partial charge in [0.05, 0.1) is 23.9 Å². The van der Waals surface area contributed by atoms with Gasteiger partial charge in [0.2, 0.25) is 0 Å². The lowest BCUT2D eigenvalue weighted by Gasteiger charge is -2.28. The molecule has 152 valence electrons. The van der Waals surface area contributed by atoms with Gasteiger partial charge in [-0.1, -0.05) is 37.3 Å². The molecule has 1 aromatic carbocycles. The predicted octanol–water partition coefficient (Wildman–Crippen LogP) is 2.88. The van der Waals surface area contributed by atoms with E-state index in [9.17, 15) is 14.4 Å². The summed E-state index contributed by atoms with van der Waals surface area (Å²) in [6.07, 6.45) is 0.492. The van der Waals surface area contributed by atoms with Crippen molar-refractivity contribution in [1.82, 2.24) is 15.6 Å². The summed E-state index contributed by atoms with van der Waals surface area (Å²) in [4.78, 5) is 41.0. The Labute approximate surface area is 171 Å². The average Bonchev–Trinajstić information content (AvgIpc) is 3.22. The molecular formula is C20H21N3O5S. The highest BCUT2D eigenvalue weighted by molar-refractivity contribution is 7.13. The molecule has 0 bridgehead atoms. The van der Waals surface area contributed by atoms with Crippen LogP contribution in [0.1, 0.15) is 30.8 Å². The molecule has 2 N–H and O–H groups in total. The number of nitrogens with one attached hydrogen (secondary N) is 2. The summed E-state index contributed by atoms with van der Waals surface area (Å²) in [5.41, 5.74) is 1.54. The second kappa shape index (κ2) is 9.33. The van der Waals surface area contributed by atoms with Crippen LogP contribution >= 0.6 is 11.3 Å². The molecule has 2 aromatic rings. The number of rotatable bonds is 7. The molecule has 1 atom stereocenters. The van der Waals surface area contributed by atoms with E-state index >= 15 is 0 Å². The van der Waals surface area contributed by atoms with Crippen LogP contribution in [0.4, 0.5) is 4.79 Å². The number of thiazole rings is 1. The van der Waals surface area contributed by atoms with Crippen LogP contribution in [-0.4, -0.2) is 42.2 Å². The lowest BCUT2D eigenvalue weighted by atomic mass is 10.0. The highest BCUT2D eigenvalue weighted by atomic mass is 32.1. The molecule has 1 aliphatic heterocycles. The first-order chi connectivity index (χ1) is 14.0. The number of urea groups is 1. The Morgan fingerprint density at radius 1 is 1.14 bits per heavy atom. The van der Waals surface area contributed by atoms with Crippen molar-refractivity contribution >= 4 is 29.3 Å². The van der Waals surface area contributed by atoms with E-state index in [0.29, 0.717) is 11.4 Å². The fourth-order valence-corrected chi connectivity index (χ4v) is 3.66. The molecule has 2 heterocycles. The van der Waals surface area contributed by atoms with Crippen LogP contribution in [0.25, 0.3) is 10.6 Å². The van der Waals surface area contributed by atoms with Crippen LogP contribution in [0.15, 0.2) is 47.0 Å². The van der Waals surface area contributed by atoms with E-state index in [1.54, 1.807) is 12.3 Å². The van der Waals surface area contributed by atoms with Gasteiger partial charge in [-0.2, -0.15) is 0 Å². The minimum atomic E-state index is -0.639. The lowest BCUT2D eigenvalue weighted by Crippen LogP contribution is -2.51. The summed E-state index contributed by atoms with van der Waals surface area (Å²) in [5, 5.41) is 7.52. The number of esters is 2. The number of carbonyl (C=O) groups excluding carboxylic acids is 3. The molecule has 29 heavy (non-hydrogen) atoms. The maximum absolute atomic E-state index is 12.4. The molecule has 0 unspecified atom stereocenters. The number of hydrogen-bond donors (Lipinski definition) is 2. The lowest BCUT2D eigenvalue weighted by molar-refractivity contribution is -0.139. The molecular weight excluding hydrogens is 394 g/mol. The molecule has 1 aliphatic rings. The number of carbonyl (C=O) groups is 3. The van der Waals surface area contributed by atoms with Crippen molar-refractivity contribution in [2.24, 2.45) is 0 Å². The van der Waals surface area contributed by atoms with Gasteiger partial charge in [0, 0.05) is 10.9 Å². The number of amides is 2. The van der Waals surface area contributed by atoms with Gasteiger partial charge in [-0.15, -0.1) is 11.3 Å². The zero-order chi connectivity index (χ0) is 20.8. The predicted molar refractivity (Wildman–Crippen MR) is 107 cm³/mol. The number of hydrogen-bond acceptors (Lipinski definition) is 7. The summed E-state index contributed by atoms with van der Waals surface area (Å²) >= 11 is 1.33. The molecule has 0 saturated heterocycles. The second-order valence-corrected chi connectivity index (χ2v) is 7.01. The Morgan fingerprint density at radius 3 is 2.59 bits per heavy atom. The van der Waals surface area contributed by atoms with E-state index in [0.717, 1.165) is 5.56 Å². The molecule has 9 heteroatoms. The Bertz CT molecular complexity index is 939.